The molecular formula is C16H19N5S. The molecule has 0 unspecified atom stereocenters. The van der Waals surface area contributed by atoms with E-state index in [2.05, 4.69) is 16.0 Å². The monoisotopic (exact) mass is 313 g/mol. The van der Waals surface area contributed by atoms with Gasteiger partial charge in [-0.05, 0) is 25.7 Å². The van der Waals surface area contributed by atoms with Gasteiger partial charge in [0.2, 0.25) is 0 Å². The largest absolute Gasteiger partial charge is 0.375 e. The quantitative estimate of drug-likeness (QED) is 0.943. The molecule has 114 valence electrons. The molecule has 0 bridgehead atoms. The number of fused-ring (bicyclic) bond motifs is 1. The molecule has 6 heteroatoms. The molecule has 5 nitrogen and oxygen atoms in total. The van der Waals surface area contributed by atoms with Crippen LogP contribution in [0.3, 0.4) is 0 Å². The summed E-state index contributed by atoms with van der Waals surface area (Å²) >= 11 is 1.62. The minimum absolute atomic E-state index is 0.608. The van der Waals surface area contributed by atoms with Crippen LogP contribution in [0.1, 0.15) is 59.6 Å². The smallest absolute Gasteiger partial charge is 0.180 e. The Morgan fingerprint density at radius 3 is 2.68 bits per heavy atom. The molecule has 0 spiro atoms. The van der Waals surface area contributed by atoms with Crippen molar-refractivity contribution in [3.63, 3.8) is 0 Å². The van der Waals surface area contributed by atoms with Crippen molar-refractivity contribution in [2.24, 2.45) is 0 Å². The van der Waals surface area contributed by atoms with Crippen LogP contribution in [-0.2, 0) is 13.0 Å². The summed E-state index contributed by atoms with van der Waals surface area (Å²) in [5, 5.41) is 0.687. The van der Waals surface area contributed by atoms with Gasteiger partial charge in [0.1, 0.15) is 11.6 Å². The number of nitrogen functional groups attached to an aromatic ring is 1. The topological polar surface area (TPSA) is 67.9 Å². The van der Waals surface area contributed by atoms with Crippen molar-refractivity contribution in [2.45, 2.75) is 50.5 Å². The van der Waals surface area contributed by atoms with Gasteiger partial charge in [0.25, 0.3) is 0 Å². The van der Waals surface area contributed by atoms with Gasteiger partial charge < -0.3 is 10.6 Å². The molecule has 0 amide bonds. The predicted molar refractivity (Wildman–Crippen MR) is 87.3 cm³/mol. The predicted octanol–water partition coefficient (Wildman–Crippen LogP) is 2.83. The fraction of sp³-hybridized carbons (Fsp3) is 0.562. The minimum atomic E-state index is 0.608. The normalized spacial score (nSPS) is 21.0. The minimum Gasteiger partial charge on any atom is -0.375 e. The lowest BCUT2D eigenvalue weighted by Gasteiger charge is -2.27. The van der Waals surface area contributed by atoms with E-state index in [-0.39, 0.29) is 0 Å². The van der Waals surface area contributed by atoms with Crippen molar-refractivity contribution < 1.29 is 0 Å². The highest BCUT2D eigenvalue weighted by Crippen LogP contribution is 2.43. The van der Waals surface area contributed by atoms with Crippen LogP contribution in [0.4, 0.5) is 10.9 Å². The van der Waals surface area contributed by atoms with Gasteiger partial charge in [-0.25, -0.2) is 15.0 Å². The van der Waals surface area contributed by atoms with E-state index in [9.17, 15) is 0 Å². The fourth-order valence-corrected chi connectivity index (χ4v) is 4.05. The summed E-state index contributed by atoms with van der Waals surface area (Å²) in [7, 11) is 0. The van der Waals surface area contributed by atoms with Gasteiger partial charge in [-0.15, -0.1) is 11.3 Å². The van der Waals surface area contributed by atoms with Crippen LogP contribution in [0.15, 0.2) is 6.07 Å². The van der Waals surface area contributed by atoms with Gasteiger partial charge in [0, 0.05) is 41.4 Å². The zero-order chi connectivity index (χ0) is 14.7. The number of anilines is 2. The van der Waals surface area contributed by atoms with E-state index < -0.39 is 0 Å². The Hall–Kier alpha value is -1.69. The molecule has 5 rings (SSSR count). The van der Waals surface area contributed by atoms with E-state index in [4.69, 9.17) is 15.7 Å². The highest BCUT2D eigenvalue weighted by molar-refractivity contribution is 7.15. The summed E-state index contributed by atoms with van der Waals surface area (Å²) in [5.74, 6) is 3.47. The lowest BCUT2D eigenvalue weighted by atomic mass is 10.1. The van der Waals surface area contributed by atoms with Crippen LogP contribution in [0, 0.1) is 0 Å². The first-order valence-electron chi connectivity index (χ1n) is 8.14. The molecular weight excluding hydrogens is 294 g/mol. The van der Waals surface area contributed by atoms with Gasteiger partial charge in [0.15, 0.2) is 5.13 Å². The van der Waals surface area contributed by atoms with Crippen molar-refractivity contribution in [3.8, 4) is 0 Å². The molecule has 2 saturated carbocycles. The molecule has 2 N–H and O–H groups in total. The second kappa shape index (κ2) is 4.65. The summed E-state index contributed by atoms with van der Waals surface area (Å²) in [4.78, 5) is 17.8. The van der Waals surface area contributed by atoms with Crippen LogP contribution >= 0.6 is 11.3 Å². The van der Waals surface area contributed by atoms with E-state index in [1.165, 1.54) is 41.9 Å². The van der Waals surface area contributed by atoms with Crippen molar-refractivity contribution in [3.05, 3.63) is 28.2 Å². The highest BCUT2D eigenvalue weighted by Gasteiger charge is 2.32. The molecule has 2 aliphatic carbocycles. The zero-order valence-corrected chi connectivity index (χ0v) is 13.3. The maximum atomic E-state index is 5.85. The molecule has 0 radical (unpaired) electrons. The van der Waals surface area contributed by atoms with Crippen LogP contribution < -0.4 is 10.6 Å². The van der Waals surface area contributed by atoms with Crippen LogP contribution in [0.5, 0.6) is 0 Å². The molecule has 2 aromatic heterocycles. The summed E-state index contributed by atoms with van der Waals surface area (Å²) in [6.45, 7) is 1.86. The molecule has 0 saturated heterocycles. The number of hydrogen-bond acceptors (Lipinski definition) is 6. The highest BCUT2D eigenvalue weighted by atomic mass is 32.1. The number of rotatable bonds is 3. The van der Waals surface area contributed by atoms with Gasteiger partial charge in [-0.2, -0.15) is 0 Å². The van der Waals surface area contributed by atoms with Crippen LogP contribution in [-0.4, -0.2) is 21.5 Å². The second-order valence-corrected chi connectivity index (χ2v) is 7.77. The van der Waals surface area contributed by atoms with Crippen LogP contribution in [0.25, 0.3) is 0 Å². The van der Waals surface area contributed by atoms with Gasteiger partial charge in [0.05, 0.1) is 12.2 Å². The lowest BCUT2D eigenvalue weighted by molar-refractivity contribution is 0.709. The second-order valence-electron chi connectivity index (χ2n) is 6.65. The Morgan fingerprint density at radius 1 is 1.09 bits per heavy atom. The summed E-state index contributed by atoms with van der Waals surface area (Å²) in [5.41, 5.74) is 8.29. The lowest BCUT2D eigenvalue weighted by Crippen LogP contribution is -2.30. The van der Waals surface area contributed by atoms with Crippen molar-refractivity contribution in [1.29, 1.82) is 0 Å². The first-order valence-corrected chi connectivity index (χ1v) is 8.96. The SMILES string of the molecule is Nc1nc2c(s1)CN(c1cc(C3CC3)nc(C3CC3)n1)CC2. The Labute approximate surface area is 133 Å². The molecule has 1 aliphatic heterocycles. The zero-order valence-electron chi connectivity index (χ0n) is 12.5. The fourth-order valence-electron chi connectivity index (χ4n) is 3.16. The third-order valence-electron chi connectivity index (χ3n) is 4.76. The standard InChI is InChI=1S/C16H19N5S/c17-16-19-11-5-6-21(8-13(11)22-16)14-7-12(9-1-2-9)18-15(20-14)10-3-4-10/h7,9-10H,1-6,8H2,(H2,17,19). The molecule has 22 heavy (non-hydrogen) atoms. The number of aromatic nitrogens is 3. The Bertz CT molecular complexity index is 702. The average molecular weight is 313 g/mol. The molecule has 2 aromatic rings. The van der Waals surface area contributed by atoms with Gasteiger partial charge >= 0.3 is 0 Å². The summed E-state index contributed by atoms with van der Waals surface area (Å²) in [6.07, 6.45) is 6.04. The molecule has 0 aromatic carbocycles. The van der Waals surface area contributed by atoms with E-state index in [1.54, 1.807) is 11.3 Å². The number of thiazole rings is 1. The third kappa shape index (κ3) is 2.26. The van der Waals surface area contributed by atoms with Crippen molar-refractivity contribution >= 4 is 22.3 Å². The van der Waals surface area contributed by atoms with Crippen molar-refractivity contribution in [1.82, 2.24) is 15.0 Å². The van der Waals surface area contributed by atoms with Crippen LogP contribution in [0.2, 0.25) is 0 Å². The Morgan fingerprint density at radius 2 is 1.91 bits per heavy atom. The van der Waals surface area contributed by atoms with E-state index in [0.717, 1.165) is 31.2 Å². The van der Waals surface area contributed by atoms with Gasteiger partial charge in [-0.1, -0.05) is 0 Å². The first-order chi connectivity index (χ1) is 10.8. The Kier molecular flexibility index (Phi) is 2.71. The number of nitrogens with zero attached hydrogens (tertiary/aromatic N) is 4. The third-order valence-corrected chi connectivity index (χ3v) is 5.67. The summed E-state index contributed by atoms with van der Waals surface area (Å²) in [6, 6.07) is 2.22. The molecule has 2 fully saturated rings. The molecule has 3 aliphatic rings. The number of hydrogen-bond donors (Lipinski definition) is 1. The van der Waals surface area contributed by atoms with E-state index in [1.807, 2.05) is 0 Å². The summed E-state index contributed by atoms with van der Waals surface area (Å²) < 4.78 is 0. The average Bonchev–Trinajstić information content (AvgIpc) is 3.41. The maximum Gasteiger partial charge on any atom is 0.180 e. The van der Waals surface area contributed by atoms with E-state index in [0.29, 0.717) is 17.0 Å². The number of nitrogens with two attached hydrogens (primary N) is 1. The maximum absolute atomic E-state index is 5.85. The van der Waals surface area contributed by atoms with Crippen molar-refractivity contribution in [2.75, 3.05) is 17.2 Å². The first kappa shape index (κ1) is 12.8. The molecule has 3 heterocycles. The van der Waals surface area contributed by atoms with E-state index >= 15 is 0 Å². The van der Waals surface area contributed by atoms with Gasteiger partial charge in [-0.3, -0.25) is 0 Å². The Balaban J connectivity index is 1.49. The molecule has 0 atom stereocenters.